The summed E-state index contributed by atoms with van der Waals surface area (Å²) in [7, 11) is 0. The van der Waals surface area contributed by atoms with Crippen molar-refractivity contribution in [2.24, 2.45) is 0 Å². The minimum Gasteiger partial charge on any atom is -0.483 e. The number of nitrogens with one attached hydrogen (secondary N) is 1. The van der Waals surface area contributed by atoms with E-state index in [0.29, 0.717) is 25.3 Å². The molecule has 0 aliphatic carbocycles. The van der Waals surface area contributed by atoms with E-state index in [1.54, 1.807) is 4.90 Å². The van der Waals surface area contributed by atoms with E-state index in [0.717, 1.165) is 34.2 Å². The van der Waals surface area contributed by atoms with Crippen molar-refractivity contribution in [2.75, 3.05) is 13.2 Å². The summed E-state index contributed by atoms with van der Waals surface area (Å²) < 4.78 is 5.94. The van der Waals surface area contributed by atoms with E-state index in [2.05, 4.69) is 5.32 Å². The molecule has 0 aromatic heterocycles. The molecule has 2 amide bonds. The van der Waals surface area contributed by atoms with Crippen LogP contribution in [0.25, 0.3) is 0 Å². The summed E-state index contributed by atoms with van der Waals surface area (Å²) in [6, 6.07) is 23.0. The molecule has 3 aromatic carbocycles. The molecule has 0 aliphatic heterocycles. The molecule has 1 atom stereocenters. The largest absolute Gasteiger partial charge is 0.483 e. The number of ether oxygens (including phenoxy) is 1. The van der Waals surface area contributed by atoms with E-state index in [1.165, 1.54) is 0 Å². The van der Waals surface area contributed by atoms with Crippen molar-refractivity contribution in [3.05, 3.63) is 101 Å². The first-order valence-electron chi connectivity index (χ1n) is 12.2. The molecule has 0 saturated carbocycles. The molecular weight excluding hydrogens is 436 g/mol. The SMILES string of the molecule is CCCNC(=O)[C@H](Cc1ccccc1)N(Cc1ccccc1C)C(=O)COc1ccc(C)cc1C. The first-order chi connectivity index (χ1) is 16.9. The second kappa shape index (κ2) is 12.7. The number of rotatable bonds is 11. The van der Waals surface area contributed by atoms with Gasteiger partial charge in [-0.3, -0.25) is 9.59 Å². The van der Waals surface area contributed by atoms with Gasteiger partial charge >= 0.3 is 0 Å². The Balaban J connectivity index is 1.91. The zero-order valence-electron chi connectivity index (χ0n) is 21.2. The second-order valence-corrected chi connectivity index (χ2v) is 9.00. The minimum absolute atomic E-state index is 0.137. The number of carbonyl (C=O) groups is 2. The second-order valence-electron chi connectivity index (χ2n) is 9.00. The van der Waals surface area contributed by atoms with Crippen molar-refractivity contribution in [3.8, 4) is 5.75 Å². The van der Waals surface area contributed by atoms with Crippen molar-refractivity contribution in [1.29, 1.82) is 0 Å². The molecule has 0 fully saturated rings. The molecule has 0 bridgehead atoms. The van der Waals surface area contributed by atoms with Crippen LogP contribution in [0.15, 0.2) is 72.8 Å². The van der Waals surface area contributed by atoms with Gasteiger partial charge in [-0.25, -0.2) is 0 Å². The molecule has 0 spiro atoms. The standard InChI is InChI=1S/C30H36N2O3/c1-5-17-31-30(34)27(19-25-12-7-6-8-13-25)32(20-26-14-10-9-11-23(26)3)29(33)21-35-28-16-15-22(2)18-24(28)4/h6-16,18,27H,5,17,19-21H2,1-4H3,(H,31,34)/t27-/m0/s1. The fourth-order valence-corrected chi connectivity index (χ4v) is 4.07. The van der Waals surface area contributed by atoms with Crippen molar-refractivity contribution in [3.63, 3.8) is 0 Å². The zero-order chi connectivity index (χ0) is 25.2. The molecule has 5 heteroatoms. The summed E-state index contributed by atoms with van der Waals surface area (Å²) in [6.07, 6.45) is 1.25. The topological polar surface area (TPSA) is 58.6 Å². The van der Waals surface area contributed by atoms with Crippen molar-refractivity contribution in [2.45, 2.75) is 53.1 Å². The number of aryl methyl sites for hydroxylation is 3. The lowest BCUT2D eigenvalue weighted by Crippen LogP contribution is -2.51. The maximum Gasteiger partial charge on any atom is 0.261 e. The van der Waals surface area contributed by atoms with Gasteiger partial charge in [0.15, 0.2) is 6.61 Å². The molecule has 1 N–H and O–H groups in total. The fraction of sp³-hybridized carbons (Fsp3) is 0.333. The first kappa shape index (κ1) is 26.0. The highest BCUT2D eigenvalue weighted by Crippen LogP contribution is 2.21. The number of amides is 2. The monoisotopic (exact) mass is 472 g/mol. The third kappa shape index (κ3) is 7.44. The molecule has 0 aliphatic rings. The fourth-order valence-electron chi connectivity index (χ4n) is 4.07. The number of carbonyl (C=O) groups excluding carboxylic acids is 2. The van der Waals surface area contributed by atoms with Crippen LogP contribution in [-0.4, -0.2) is 35.9 Å². The van der Waals surface area contributed by atoms with Crippen LogP contribution in [0.4, 0.5) is 0 Å². The molecule has 184 valence electrons. The van der Waals surface area contributed by atoms with Crippen LogP contribution in [0.1, 0.15) is 41.2 Å². The molecule has 0 unspecified atom stereocenters. The Kier molecular flexibility index (Phi) is 9.47. The van der Waals surface area contributed by atoms with Gasteiger partial charge in [-0.15, -0.1) is 0 Å². The van der Waals surface area contributed by atoms with Crippen LogP contribution in [-0.2, 0) is 22.6 Å². The lowest BCUT2D eigenvalue weighted by atomic mass is 10.0. The summed E-state index contributed by atoms with van der Waals surface area (Å²) in [6.45, 7) is 8.79. The molecule has 0 saturated heterocycles. The van der Waals surface area contributed by atoms with Gasteiger partial charge in [-0.05, 0) is 55.5 Å². The minimum atomic E-state index is -0.654. The van der Waals surface area contributed by atoms with Crippen LogP contribution in [0.5, 0.6) is 5.75 Å². The van der Waals surface area contributed by atoms with Gasteiger partial charge in [0.2, 0.25) is 5.91 Å². The number of benzene rings is 3. The van der Waals surface area contributed by atoms with Gasteiger partial charge in [0, 0.05) is 19.5 Å². The maximum atomic E-state index is 13.6. The predicted molar refractivity (Wildman–Crippen MR) is 140 cm³/mol. The normalized spacial score (nSPS) is 11.5. The third-order valence-corrected chi connectivity index (χ3v) is 6.10. The third-order valence-electron chi connectivity index (χ3n) is 6.10. The quantitative estimate of drug-likeness (QED) is 0.420. The highest BCUT2D eigenvalue weighted by molar-refractivity contribution is 5.88. The Bertz CT molecular complexity index is 1130. The molecule has 0 radical (unpaired) electrons. The van der Waals surface area contributed by atoms with E-state index in [-0.39, 0.29) is 18.4 Å². The summed E-state index contributed by atoms with van der Waals surface area (Å²) in [5.74, 6) is 0.305. The summed E-state index contributed by atoms with van der Waals surface area (Å²) in [5.41, 5.74) is 5.20. The smallest absolute Gasteiger partial charge is 0.261 e. The van der Waals surface area contributed by atoms with Crippen molar-refractivity contribution < 1.29 is 14.3 Å². The van der Waals surface area contributed by atoms with Crippen LogP contribution in [0, 0.1) is 20.8 Å². The van der Waals surface area contributed by atoms with Gasteiger partial charge in [0.1, 0.15) is 11.8 Å². The first-order valence-corrected chi connectivity index (χ1v) is 12.2. The molecule has 3 aromatic rings. The molecule has 5 nitrogen and oxygen atoms in total. The summed E-state index contributed by atoms with van der Waals surface area (Å²) in [4.78, 5) is 28.7. The lowest BCUT2D eigenvalue weighted by molar-refractivity contribution is -0.142. The van der Waals surface area contributed by atoms with Crippen LogP contribution >= 0.6 is 0 Å². The van der Waals surface area contributed by atoms with E-state index in [4.69, 9.17) is 4.74 Å². The van der Waals surface area contributed by atoms with E-state index >= 15 is 0 Å². The van der Waals surface area contributed by atoms with E-state index in [1.807, 2.05) is 100 Å². The molecule has 0 heterocycles. The van der Waals surface area contributed by atoms with Crippen molar-refractivity contribution in [1.82, 2.24) is 10.2 Å². The highest BCUT2D eigenvalue weighted by atomic mass is 16.5. The van der Waals surface area contributed by atoms with Crippen molar-refractivity contribution >= 4 is 11.8 Å². The molecule has 3 rings (SSSR count). The van der Waals surface area contributed by atoms with E-state index < -0.39 is 6.04 Å². The van der Waals surface area contributed by atoms with Crippen LogP contribution < -0.4 is 10.1 Å². The number of hydrogen-bond donors (Lipinski definition) is 1. The Morgan fingerprint density at radius 1 is 0.914 bits per heavy atom. The predicted octanol–water partition coefficient (Wildman–Crippen LogP) is 5.16. The van der Waals surface area contributed by atoms with Crippen LogP contribution in [0.3, 0.4) is 0 Å². The summed E-state index contributed by atoms with van der Waals surface area (Å²) in [5, 5.41) is 3.00. The Morgan fingerprint density at radius 2 is 1.63 bits per heavy atom. The van der Waals surface area contributed by atoms with Gasteiger partial charge in [-0.2, -0.15) is 0 Å². The van der Waals surface area contributed by atoms with Gasteiger partial charge in [-0.1, -0.05) is 79.2 Å². The average molecular weight is 473 g/mol. The Hall–Kier alpha value is -3.60. The Morgan fingerprint density at radius 3 is 2.31 bits per heavy atom. The number of nitrogens with zero attached hydrogens (tertiary/aromatic N) is 1. The Labute approximate surface area is 209 Å². The maximum absolute atomic E-state index is 13.6. The van der Waals surface area contributed by atoms with Gasteiger partial charge in [0.05, 0.1) is 0 Å². The van der Waals surface area contributed by atoms with E-state index in [9.17, 15) is 9.59 Å². The van der Waals surface area contributed by atoms with Crippen LogP contribution in [0.2, 0.25) is 0 Å². The number of hydrogen-bond acceptors (Lipinski definition) is 3. The molecular formula is C30H36N2O3. The molecule has 35 heavy (non-hydrogen) atoms. The van der Waals surface area contributed by atoms with Gasteiger partial charge < -0.3 is 15.0 Å². The van der Waals surface area contributed by atoms with Gasteiger partial charge in [0.25, 0.3) is 5.91 Å². The lowest BCUT2D eigenvalue weighted by Gasteiger charge is -2.32. The average Bonchev–Trinajstić information content (AvgIpc) is 2.85. The highest BCUT2D eigenvalue weighted by Gasteiger charge is 2.30. The zero-order valence-corrected chi connectivity index (χ0v) is 21.2. The summed E-state index contributed by atoms with van der Waals surface area (Å²) >= 11 is 0.